The van der Waals surface area contributed by atoms with E-state index >= 15 is 0 Å². The Morgan fingerprint density at radius 3 is 2.62 bits per heavy atom. The minimum absolute atomic E-state index is 0.0159. The predicted molar refractivity (Wildman–Crippen MR) is 57.0 cm³/mol. The Bertz CT molecular complexity index is 201. The molecule has 0 bridgehead atoms. The van der Waals surface area contributed by atoms with E-state index in [2.05, 4.69) is 26.1 Å². The Kier molecular flexibility index (Phi) is 2.37. The van der Waals surface area contributed by atoms with E-state index in [-0.39, 0.29) is 11.3 Å². The lowest BCUT2D eigenvalue weighted by Crippen LogP contribution is -2.45. The number of nitrogens with one attached hydrogen (secondary N) is 1. The number of thioether (sulfide) groups is 1. The molecule has 2 unspecified atom stereocenters. The van der Waals surface area contributed by atoms with Crippen LogP contribution in [0.2, 0.25) is 0 Å². The summed E-state index contributed by atoms with van der Waals surface area (Å²) in [6.07, 6.45) is 1.30. The van der Waals surface area contributed by atoms with Gasteiger partial charge in [-0.3, -0.25) is 5.32 Å². The molecule has 2 fully saturated rings. The molecule has 0 aromatic rings. The minimum Gasteiger partial charge on any atom is -0.353 e. The molecule has 2 atom stereocenters. The van der Waals surface area contributed by atoms with Crippen LogP contribution in [0.1, 0.15) is 27.2 Å². The first-order valence-corrected chi connectivity index (χ1v) is 6.20. The van der Waals surface area contributed by atoms with Crippen LogP contribution in [-0.4, -0.2) is 29.4 Å². The third-order valence-electron chi connectivity index (χ3n) is 3.06. The molecule has 2 heterocycles. The van der Waals surface area contributed by atoms with Crippen LogP contribution in [0.25, 0.3) is 0 Å². The van der Waals surface area contributed by atoms with Gasteiger partial charge < -0.3 is 4.74 Å². The van der Waals surface area contributed by atoms with E-state index in [4.69, 9.17) is 4.74 Å². The third kappa shape index (κ3) is 1.88. The van der Waals surface area contributed by atoms with E-state index in [0.29, 0.717) is 5.92 Å². The number of rotatable bonds is 1. The normalized spacial score (nSPS) is 44.1. The topological polar surface area (TPSA) is 21.3 Å². The van der Waals surface area contributed by atoms with Gasteiger partial charge in [-0.25, -0.2) is 0 Å². The highest BCUT2D eigenvalue weighted by Gasteiger charge is 2.46. The first-order chi connectivity index (χ1) is 6.02. The molecular formula is C10H19NOS. The molecule has 2 aliphatic rings. The monoisotopic (exact) mass is 201 g/mol. The summed E-state index contributed by atoms with van der Waals surface area (Å²) in [4.78, 5) is 0. The van der Waals surface area contributed by atoms with Crippen LogP contribution in [0.4, 0.5) is 0 Å². The predicted octanol–water partition coefficient (Wildman–Crippen LogP) is 1.85. The van der Waals surface area contributed by atoms with Gasteiger partial charge in [0.05, 0.1) is 5.60 Å². The summed E-state index contributed by atoms with van der Waals surface area (Å²) in [7, 11) is 0. The van der Waals surface area contributed by atoms with Crippen molar-refractivity contribution in [1.82, 2.24) is 5.32 Å². The number of ether oxygens (including phenoxy) is 1. The molecule has 2 saturated heterocycles. The Morgan fingerprint density at radius 1 is 1.38 bits per heavy atom. The van der Waals surface area contributed by atoms with Gasteiger partial charge in [0.2, 0.25) is 0 Å². The third-order valence-corrected chi connectivity index (χ3v) is 4.22. The van der Waals surface area contributed by atoms with E-state index in [1.807, 2.05) is 11.8 Å². The van der Waals surface area contributed by atoms with Gasteiger partial charge >= 0.3 is 0 Å². The van der Waals surface area contributed by atoms with E-state index in [1.54, 1.807) is 0 Å². The standard InChI is InChI=1S/C10H19NOS/c1-9(2)7-11-10(3,12-9)8-4-5-13-6-8/h8,11H,4-7H2,1-3H3. The summed E-state index contributed by atoms with van der Waals surface area (Å²) in [5.74, 6) is 3.24. The zero-order valence-electron chi connectivity index (χ0n) is 8.72. The van der Waals surface area contributed by atoms with Crippen molar-refractivity contribution >= 4 is 11.8 Å². The summed E-state index contributed by atoms with van der Waals surface area (Å²) in [6, 6.07) is 0. The molecule has 2 rings (SSSR count). The number of hydrogen-bond acceptors (Lipinski definition) is 3. The largest absolute Gasteiger partial charge is 0.353 e. The summed E-state index contributed by atoms with van der Waals surface area (Å²) in [5, 5.41) is 3.53. The van der Waals surface area contributed by atoms with E-state index < -0.39 is 0 Å². The zero-order valence-corrected chi connectivity index (χ0v) is 9.54. The van der Waals surface area contributed by atoms with Crippen LogP contribution in [0.5, 0.6) is 0 Å². The van der Waals surface area contributed by atoms with Crippen LogP contribution in [0.15, 0.2) is 0 Å². The van der Waals surface area contributed by atoms with Crippen molar-refractivity contribution in [3.63, 3.8) is 0 Å². The molecule has 76 valence electrons. The molecule has 0 saturated carbocycles. The molecule has 0 spiro atoms. The lowest BCUT2D eigenvalue weighted by atomic mass is 9.97. The van der Waals surface area contributed by atoms with E-state index in [9.17, 15) is 0 Å². The maximum atomic E-state index is 6.10. The maximum absolute atomic E-state index is 6.10. The smallest absolute Gasteiger partial charge is 0.120 e. The van der Waals surface area contributed by atoms with Crippen molar-refractivity contribution in [3.05, 3.63) is 0 Å². The maximum Gasteiger partial charge on any atom is 0.120 e. The van der Waals surface area contributed by atoms with Crippen molar-refractivity contribution < 1.29 is 4.74 Å². The molecule has 2 nitrogen and oxygen atoms in total. The fourth-order valence-corrected chi connectivity index (χ4v) is 3.62. The molecule has 2 aliphatic heterocycles. The Balaban J connectivity index is 2.05. The first kappa shape index (κ1) is 9.81. The molecule has 3 heteroatoms. The van der Waals surface area contributed by atoms with Gasteiger partial charge in [-0.05, 0) is 32.9 Å². The van der Waals surface area contributed by atoms with Gasteiger partial charge in [-0.1, -0.05) is 0 Å². The van der Waals surface area contributed by atoms with Crippen molar-refractivity contribution in [2.75, 3.05) is 18.1 Å². The summed E-state index contributed by atoms with van der Waals surface area (Å²) in [6.45, 7) is 7.50. The quantitative estimate of drug-likeness (QED) is 0.699. The second-order valence-corrected chi connectivity index (χ2v) is 6.03. The average molecular weight is 201 g/mol. The average Bonchev–Trinajstić information content (AvgIpc) is 2.58. The van der Waals surface area contributed by atoms with Gasteiger partial charge in [0.25, 0.3) is 0 Å². The molecule has 0 radical (unpaired) electrons. The molecule has 1 N–H and O–H groups in total. The van der Waals surface area contributed by atoms with Crippen molar-refractivity contribution in [2.45, 2.75) is 38.5 Å². The minimum atomic E-state index is -0.0625. The Hall–Kier alpha value is 0.270. The van der Waals surface area contributed by atoms with E-state index in [1.165, 1.54) is 17.9 Å². The van der Waals surface area contributed by atoms with Crippen LogP contribution < -0.4 is 5.32 Å². The van der Waals surface area contributed by atoms with Crippen molar-refractivity contribution in [2.24, 2.45) is 5.92 Å². The molecule has 0 aromatic heterocycles. The highest BCUT2D eigenvalue weighted by Crippen LogP contribution is 2.38. The van der Waals surface area contributed by atoms with Crippen LogP contribution in [0, 0.1) is 5.92 Å². The molecule has 0 aromatic carbocycles. The van der Waals surface area contributed by atoms with Crippen LogP contribution >= 0.6 is 11.8 Å². The summed E-state index contributed by atoms with van der Waals surface area (Å²) >= 11 is 2.05. The van der Waals surface area contributed by atoms with Gasteiger partial charge in [-0.2, -0.15) is 11.8 Å². The lowest BCUT2D eigenvalue weighted by Gasteiger charge is -2.32. The summed E-state index contributed by atoms with van der Waals surface area (Å²) < 4.78 is 6.10. The SMILES string of the molecule is CC1(C)CNC(C)(C2CCSC2)O1. The highest BCUT2D eigenvalue weighted by atomic mass is 32.2. The molecule has 0 aliphatic carbocycles. The molecular weight excluding hydrogens is 182 g/mol. The van der Waals surface area contributed by atoms with Gasteiger partial charge in [0.1, 0.15) is 5.72 Å². The van der Waals surface area contributed by atoms with Crippen LogP contribution in [-0.2, 0) is 4.74 Å². The molecule has 0 amide bonds. The number of hydrogen-bond donors (Lipinski definition) is 1. The van der Waals surface area contributed by atoms with Crippen molar-refractivity contribution in [3.8, 4) is 0 Å². The highest BCUT2D eigenvalue weighted by molar-refractivity contribution is 7.99. The van der Waals surface area contributed by atoms with Gasteiger partial charge in [0, 0.05) is 18.2 Å². The molecule has 13 heavy (non-hydrogen) atoms. The Labute approximate surface area is 84.8 Å². The van der Waals surface area contributed by atoms with Crippen LogP contribution in [0.3, 0.4) is 0 Å². The first-order valence-electron chi connectivity index (χ1n) is 5.05. The summed E-state index contributed by atoms with van der Waals surface area (Å²) in [5.41, 5.74) is -0.0466. The van der Waals surface area contributed by atoms with Gasteiger partial charge in [0.15, 0.2) is 0 Å². The fraction of sp³-hybridized carbons (Fsp3) is 1.00. The van der Waals surface area contributed by atoms with E-state index in [0.717, 1.165) is 6.54 Å². The van der Waals surface area contributed by atoms with Crippen molar-refractivity contribution in [1.29, 1.82) is 0 Å². The second-order valence-electron chi connectivity index (χ2n) is 4.88. The Morgan fingerprint density at radius 2 is 2.15 bits per heavy atom. The zero-order chi connectivity index (χ0) is 9.53. The lowest BCUT2D eigenvalue weighted by molar-refractivity contribution is -0.106. The van der Waals surface area contributed by atoms with Gasteiger partial charge in [-0.15, -0.1) is 0 Å². The fourth-order valence-electron chi connectivity index (χ4n) is 2.23. The second kappa shape index (κ2) is 3.14.